The molecule has 0 bridgehead atoms. The average molecular weight is 414 g/mol. The largest absolute Gasteiger partial charge is 0.465 e. The number of carboxylic acid groups (broad SMARTS) is 1. The molecule has 7 heteroatoms. The molecule has 2 amide bonds. The first-order valence-electron chi connectivity index (χ1n) is 10.2. The fourth-order valence-electron chi connectivity index (χ4n) is 3.60. The van der Waals surface area contributed by atoms with E-state index in [2.05, 4.69) is 5.32 Å². The van der Waals surface area contributed by atoms with Crippen molar-refractivity contribution in [2.45, 2.75) is 25.4 Å². The van der Waals surface area contributed by atoms with Crippen molar-refractivity contribution < 1.29 is 23.8 Å². The van der Waals surface area contributed by atoms with Gasteiger partial charge in [0.1, 0.15) is 5.82 Å². The topological polar surface area (TPSA) is 78.9 Å². The van der Waals surface area contributed by atoms with Crippen molar-refractivity contribution >= 4 is 12.0 Å². The standard InChI is InChI=1S/C23H27FN2O4/c24-21-8-6-17(7-9-21)15-30-16-20(18-4-2-1-3-5-18)14-25-22(27)19-10-12-26(13-11-19)23(28)29/h1-9,19-20H,10-16H2,(H,25,27)(H,28,29). The number of carbonyl (C=O) groups excluding carboxylic acids is 1. The monoisotopic (exact) mass is 414 g/mol. The molecule has 0 aromatic heterocycles. The van der Waals surface area contributed by atoms with Gasteiger partial charge in [0.15, 0.2) is 0 Å². The molecular weight excluding hydrogens is 387 g/mol. The summed E-state index contributed by atoms with van der Waals surface area (Å²) in [5.41, 5.74) is 1.95. The fraction of sp³-hybridized carbons (Fsp3) is 0.391. The molecule has 2 N–H and O–H groups in total. The summed E-state index contributed by atoms with van der Waals surface area (Å²) in [6.07, 6.45) is 0.140. The minimum absolute atomic E-state index is 0.0188. The van der Waals surface area contributed by atoms with Crippen molar-refractivity contribution in [3.05, 3.63) is 71.5 Å². The number of nitrogens with one attached hydrogen (secondary N) is 1. The Morgan fingerprint density at radius 3 is 2.40 bits per heavy atom. The zero-order chi connectivity index (χ0) is 21.3. The van der Waals surface area contributed by atoms with Crippen molar-refractivity contribution in [2.24, 2.45) is 5.92 Å². The highest BCUT2D eigenvalue weighted by molar-refractivity contribution is 5.79. The molecule has 160 valence electrons. The Balaban J connectivity index is 1.52. The van der Waals surface area contributed by atoms with Gasteiger partial charge in [-0.1, -0.05) is 42.5 Å². The SMILES string of the molecule is O=C(NCC(COCc1ccc(F)cc1)c1ccccc1)C1CCN(C(=O)O)CC1. The number of carbonyl (C=O) groups is 2. The second kappa shape index (κ2) is 10.7. The van der Waals surface area contributed by atoms with Crippen LogP contribution in [0.3, 0.4) is 0 Å². The molecule has 1 aliphatic rings. The Bertz CT molecular complexity index is 821. The number of piperidine rings is 1. The van der Waals surface area contributed by atoms with E-state index in [1.807, 2.05) is 30.3 Å². The summed E-state index contributed by atoms with van der Waals surface area (Å²) >= 11 is 0. The molecule has 1 atom stereocenters. The number of amides is 2. The highest BCUT2D eigenvalue weighted by Crippen LogP contribution is 2.19. The first kappa shape index (κ1) is 21.8. The Morgan fingerprint density at radius 1 is 1.10 bits per heavy atom. The van der Waals surface area contributed by atoms with E-state index >= 15 is 0 Å². The molecule has 0 aliphatic carbocycles. The van der Waals surface area contributed by atoms with Crippen LogP contribution in [0.5, 0.6) is 0 Å². The van der Waals surface area contributed by atoms with Gasteiger partial charge in [0, 0.05) is 31.5 Å². The summed E-state index contributed by atoms with van der Waals surface area (Å²) in [6, 6.07) is 16.0. The molecule has 1 saturated heterocycles. The minimum atomic E-state index is -0.934. The van der Waals surface area contributed by atoms with Crippen LogP contribution in [0.15, 0.2) is 54.6 Å². The van der Waals surface area contributed by atoms with Crippen molar-refractivity contribution in [2.75, 3.05) is 26.2 Å². The van der Waals surface area contributed by atoms with E-state index in [9.17, 15) is 14.0 Å². The zero-order valence-electron chi connectivity index (χ0n) is 16.8. The zero-order valence-corrected chi connectivity index (χ0v) is 16.8. The van der Waals surface area contributed by atoms with Crippen LogP contribution in [0.2, 0.25) is 0 Å². The third kappa shape index (κ3) is 6.29. The highest BCUT2D eigenvalue weighted by atomic mass is 19.1. The van der Waals surface area contributed by atoms with Gasteiger partial charge in [0.25, 0.3) is 0 Å². The van der Waals surface area contributed by atoms with Crippen LogP contribution in [0.4, 0.5) is 9.18 Å². The van der Waals surface area contributed by atoms with Gasteiger partial charge in [0.05, 0.1) is 13.2 Å². The number of likely N-dealkylation sites (tertiary alicyclic amines) is 1. The Morgan fingerprint density at radius 2 is 1.77 bits per heavy atom. The minimum Gasteiger partial charge on any atom is -0.465 e. The summed E-state index contributed by atoms with van der Waals surface area (Å²) in [4.78, 5) is 24.9. The number of hydrogen-bond donors (Lipinski definition) is 2. The Labute approximate surface area is 175 Å². The second-order valence-corrected chi connectivity index (χ2v) is 7.54. The first-order valence-corrected chi connectivity index (χ1v) is 10.2. The molecule has 30 heavy (non-hydrogen) atoms. The smallest absolute Gasteiger partial charge is 0.407 e. The van der Waals surface area contributed by atoms with Crippen LogP contribution in [-0.4, -0.2) is 48.2 Å². The normalized spacial score (nSPS) is 15.6. The quantitative estimate of drug-likeness (QED) is 0.691. The van der Waals surface area contributed by atoms with Crippen LogP contribution >= 0.6 is 0 Å². The van der Waals surface area contributed by atoms with Gasteiger partial charge < -0.3 is 20.1 Å². The molecule has 0 spiro atoms. The van der Waals surface area contributed by atoms with Crippen LogP contribution in [0.25, 0.3) is 0 Å². The molecule has 2 aromatic carbocycles. The van der Waals surface area contributed by atoms with E-state index in [1.54, 1.807) is 12.1 Å². The Hall–Kier alpha value is -2.93. The van der Waals surface area contributed by atoms with Crippen LogP contribution in [-0.2, 0) is 16.1 Å². The van der Waals surface area contributed by atoms with E-state index in [0.29, 0.717) is 45.7 Å². The third-order valence-electron chi connectivity index (χ3n) is 5.43. The summed E-state index contributed by atoms with van der Waals surface area (Å²) in [7, 11) is 0. The number of nitrogens with zero attached hydrogens (tertiary/aromatic N) is 1. The number of hydrogen-bond acceptors (Lipinski definition) is 3. The first-order chi connectivity index (χ1) is 14.5. The Kier molecular flexibility index (Phi) is 7.79. The lowest BCUT2D eigenvalue weighted by molar-refractivity contribution is -0.126. The number of ether oxygens (including phenoxy) is 1. The van der Waals surface area contributed by atoms with Gasteiger partial charge in [-0.25, -0.2) is 9.18 Å². The predicted molar refractivity (Wildman–Crippen MR) is 111 cm³/mol. The van der Waals surface area contributed by atoms with E-state index in [-0.39, 0.29) is 23.6 Å². The molecule has 0 radical (unpaired) electrons. The molecule has 1 heterocycles. The maximum atomic E-state index is 13.0. The molecule has 3 rings (SSSR count). The number of rotatable bonds is 8. The van der Waals surface area contributed by atoms with Gasteiger partial charge in [-0.2, -0.15) is 0 Å². The van der Waals surface area contributed by atoms with Crippen LogP contribution < -0.4 is 5.32 Å². The van der Waals surface area contributed by atoms with Crippen LogP contribution in [0.1, 0.15) is 29.9 Å². The molecule has 0 saturated carbocycles. The lowest BCUT2D eigenvalue weighted by Gasteiger charge is -2.29. The fourth-order valence-corrected chi connectivity index (χ4v) is 3.60. The van der Waals surface area contributed by atoms with Gasteiger partial charge in [0.2, 0.25) is 5.91 Å². The summed E-state index contributed by atoms with van der Waals surface area (Å²) in [5, 5.41) is 12.1. The molecule has 1 fully saturated rings. The lowest BCUT2D eigenvalue weighted by atomic mass is 9.95. The van der Waals surface area contributed by atoms with E-state index in [0.717, 1.165) is 11.1 Å². The van der Waals surface area contributed by atoms with E-state index in [4.69, 9.17) is 9.84 Å². The summed E-state index contributed by atoms with van der Waals surface area (Å²) < 4.78 is 18.9. The van der Waals surface area contributed by atoms with E-state index in [1.165, 1.54) is 17.0 Å². The van der Waals surface area contributed by atoms with Crippen LogP contribution in [0, 0.1) is 11.7 Å². The molecule has 6 nitrogen and oxygen atoms in total. The third-order valence-corrected chi connectivity index (χ3v) is 5.43. The highest BCUT2D eigenvalue weighted by Gasteiger charge is 2.27. The van der Waals surface area contributed by atoms with Gasteiger partial charge >= 0.3 is 6.09 Å². The van der Waals surface area contributed by atoms with Crippen molar-refractivity contribution in [1.82, 2.24) is 10.2 Å². The molecule has 1 aliphatic heterocycles. The van der Waals surface area contributed by atoms with Gasteiger partial charge in [-0.15, -0.1) is 0 Å². The lowest BCUT2D eigenvalue weighted by Crippen LogP contribution is -2.43. The molecule has 2 aromatic rings. The summed E-state index contributed by atoms with van der Waals surface area (Å²) in [5.74, 6) is -0.510. The molecular formula is C23H27FN2O4. The van der Waals surface area contributed by atoms with Crippen molar-refractivity contribution in [3.63, 3.8) is 0 Å². The molecule has 1 unspecified atom stereocenters. The van der Waals surface area contributed by atoms with E-state index < -0.39 is 6.09 Å². The van der Waals surface area contributed by atoms with Gasteiger partial charge in [-0.05, 0) is 36.1 Å². The second-order valence-electron chi connectivity index (χ2n) is 7.54. The maximum Gasteiger partial charge on any atom is 0.407 e. The number of halogens is 1. The predicted octanol–water partition coefficient (Wildman–Crippen LogP) is 3.63. The average Bonchev–Trinajstić information content (AvgIpc) is 2.77. The maximum absolute atomic E-state index is 13.0. The van der Waals surface area contributed by atoms with Crippen molar-refractivity contribution in [3.8, 4) is 0 Å². The van der Waals surface area contributed by atoms with Gasteiger partial charge in [-0.3, -0.25) is 4.79 Å². The number of benzene rings is 2. The summed E-state index contributed by atoms with van der Waals surface area (Å²) in [6.45, 7) is 1.99. The van der Waals surface area contributed by atoms with Crippen molar-refractivity contribution in [1.29, 1.82) is 0 Å².